The van der Waals surface area contributed by atoms with E-state index in [2.05, 4.69) is 70.2 Å². The topological polar surface area (TPSA) is 192 Å². The van der Waals surface area contributed by atoms with Crippen molar-refractivity contribution in [3.05, 3.63) is 66.5 Å². The van der Waals surface area contributed by atoms with Crippen molar-refractivity contribution in [1.29, 1.82) is 0 Å². The summed E-state index contributed by atoms with van der Waals surface area (Å²) in [5, 5.41) is 41.0. The standard InChI is InChI=1S/C20H28BBrClNO4.C15H20BBrClNO4.C4H11BO2/c1-13(2)7-14(21-27-11-20(3,4)12-28-21)8-16(25)10-24-19(26)17-9-15(22)5-6-18(17)23;1-9(2)5-10(16(22)23)6-12(20)8-19-15(21)13-7-11(17)3-4-14(13)18;1-4(2)3-5(6)7/h5-6,9,13-14H,7-8,10-12H2,1-4H3,(H,24,26);3-4,7,9-10,22-23H,5-6,8H2,1-2H3,(H,19,21);4,6-7H,3H2,1-2H3/t14-;10-;/m11./s1. The normalized spacial score (nSPS) is 14.4. The lowest BCUT2D eigenvalue weighted by atomic mass is 9.64. The molecular weight excluding hydrogens is 920 g/mol. The van der Waals surface area contributed by atoms with Gasteiger partial charge in [-0.1, -0.05) is 110 Å². The Morgan fingerprint density at radius 1 is 0.741 bits per heavy atom. The van der Waals surface area contributed by atoms with Crippen molar-refractivity contribution in [3.63, 3.8) is 0 Å². The van der Waals surface area contributed by atoms with E-state index in [0.717, 1.165) is 10.9 Å². The van der Waals surface area contributed by atoms with Crippen molar-refractivity contribution in [2.75, 3.05) is 26.3 Å². The minimum Gasteiger partial charge on any atom is -0.427 e. The van der Waals surface area contributed by atoms with Gasteiger partial charge in [-0.3, -0.25) is 19.2 Å². The van der Waals surface area contributed by atoms with Gasteiger partial charge >= 0.3 is 21.4 Å². The second-order valence-electron chi connectivity index (χ2n) is 16.6. The molecule has 1 saturated heterocycles. The number of hydrogen-bond acceptors (Lipinski definition) is 10. The molecule has 1 aliphatic heterocycles. The fourth-order valence-electron chi connectivity index (χ4n) is 5.83. The number of amides is 2. The van der Waals surface area contributed by atoms with Crippen LogP contribution in [-0.4, -0.2) is 91.1 Å². The van der Waals surface area contributed by atoms with E-state index in [-0.39, 0.29) is 66.8 Å². The van der Waals surface area contributed by atoms with Gasteiger partial charge in [0, 0.05) is 52.1 Å². The molecule has 12 nitrogen and oxygen atoms in total. The van der Waals surface area contributed by atoms with Gasteiger partial charge < -0.3 is 40.0 Å². The van der Waals surface area contributed by atoms with Gasteiger partial charge in [0.2, 0.25) is 0 Å². The lowest BCUT2D eigenvalue weighted by Crippen LogP contribution is -2.44. The van der Waals surface area contributed by atoms with Crippen LogP contribution < -0.4 is 10.6 Å². The minimum atomic E-state index is -1.54. The Hall–Kier alpha value is -1.79. The lowest BCUT2D eigenvalue weighted by molar-refractivity contribution is -0.119. The molecule has 1 heterocycles. The highest BCUT2D eigenvalue weighted by Crippen LogP contribution is 2.32. The summed E-state index contributed by atoms with van der Waals surface area (Å²) in [5.74, 6) is -0.671. The van der Waals surface area contributed by atoms with E-state index in [0.29, 0.717) is 64.3 Å². The van der Waals surface area contributed by atoms with E-state index in [4.69, 9.17) is 42.6 Å². The second-order valence-corrected chi connectivity index (χ2v) is 19.2. The third kappa shape index (κ3) is 22.7. The third-order valence-electron chi connectivity index (χ3n) is 8.53. The zero-order chi connectivity index (χ0) is 44.3. The lowest BCUT2D eigenvalue weighted by Gasteiger charge is -2.36. The van der Waals surface area contributed by atoms with Gasteiger partial charge in [-0.15, -0.1) is 0 Å². The summed E-state index contributed by atoms with van der Waals surface area (Å²) in [6.07, 6.45) is 2.12. The van der Waals surface area contributed by atoms with E-state index in [1.807, 2.05) is 27.7 Å². The molecule has 2 amide bonds. The van der Waals surface area contributed by atoms with Crippen LogP contribution in [0.3, 0.4) is 0 Å². The van der Waals surface area contributed by atoms with Gasteiger partial charge in [0.15, 0.2) is 11.6 Å². The van der Waals surface area contributed by atoms with Gasteiger partial charge in [0.25, 0.3) is 11.8 Å². The molecule has 58 heavy (non-hydrogen) atoms. The van der Waals surface area contributed by atoms with Crippen molar-refractivity contribution in [2.45, 2.75) is 99.0 Å². The average Bonchev–Trinajstić information content (AvgIpc) is 3.10. The molecule has 19 heteroatoms. The molecule has 3 rings (SSSR count). The predicted molar refractivity (Wildman–Crippen MR) is 240 cm³/mol. The molecule has 0 aliphatic carbocycles. The van der Waals surface area contributed by atoms with E-state index in [9.17, 15) is 29.2 Å². The number of hydrogen-bond donors (Lipinski definition) is 6. The Balaban J connectivity index is 0.000000505. The highest BCUT2D eigenvalue weighted by molar-refractivity contribution is 9.10. The summed E-state index contributed by atoms with van der Waals surface area (Å²) in [6, 6.07) is 9.90. The van der Waals surface area contributed by atoms with E-state index in [1.165, 1.54) is 0 Å². The monoisotopic (exact) mass is 976 g/mol. The molecule has 1 fully saturated rings. The average molecular weight is 979 g/mol. The van der Waals surface area contributed by atoms with Gasteiger partial charge in [0.1, 0.15) is 0 Å². The number of ketones is 2. The zero-order valence-electron chi connectivity index (χ0n) is 34.7. The maximum absolute atomic E-state index is 12.5. The van der Waals surface area contributed by atoms with Gasteiger partial charge in [-0.05, 0) is 73.3 Å². The fourth-order valence-corrected chi connectivity index (χ4v) is 6.96. The Morgan fingerprint density at radius 3 is 1.53 bits per heavy atom. The smallest absolute Gasteiger partial charge is 0.427 e. The van der Waals surface area contributed by atoms with Crippen LogP contribution in [0.5, 0.6) is 0 Å². The van der Waals surface area contributed by atoms with Crippen LogP contribution in [0.15, 0.2) is 45.3 Å². The molecule has 0 unspecified atom stereocenters. The van der Waals surface area contributed by atoms with Crippen LogP contribution in [0.1, 0.15) is 102 Å². The van der Waals surface area contributed by atoms with Crippen LogP contribution in [-0.2, 0) is 18.9 Å². The van der Waals surface area contributed by atoms with Crippen LogP contribution in [0.4, 0.5) is 0 Å². The molecule has 2 atom stereocenters. The molecule has 0 spiro atoms. The maximum atomic E-state index is 12.5. The number of carbonyl (C=O) groups excluding carboxylic acids is 4. The molecule has 2 aromatic carbocycles. The highest BCUT2D eigenvalue weighted by atomic mass is 79.9. The number of halogens is 4. The van der Waals surface area contributed by atoms with E-state index < -0.39 is 26.0 Å². The number of benzene rings is 2. The van der Waals surface area contributed by atoms with Gasteiger partial charge in [0.05, 0.1) is 34.3 Å². The first-order chi connectivity index (χ1) is 26.9. The Bertz CT molecular complexity index is 1610. The Morgan fingerprint density at radius 2 is 1.17 bits per heavy atom. The first-order valence-electron chi connectivity index (χ1n) is 19.4. The van der Waals surface area contributed by atoms with Crippen molar-refractivity contribution < 1.29 is 48.6 Å². The van der Waals surface area contributed by atoms with Crippen molar-refractivity contribution >= 4 is 99.8 Å². The Labute approximate surface area is 372 Å². The molecule has 322 valence electrons. The molecule has 2 aromatic rings. The SMILES string of the molecule is CC(C)CB(O)O.CC(C)C[C@H](CC(=O)CNC(=O)c1cc(Br)ccc1Cl)B(O)O.CC(C)C[C@H](CC(=O)CNC(=O)c1cc(Br)ccc1Cl)B1OCC(C)(C)CO1. The molecule has 6 N–H and O–H groups in total. The molecule has 1 aliphatic rings. The first-order valence-corrected chi connectivity index (χ1v) is 21.7. The summed E-state index contributed by atoms with van der Waals surface area (Å²) >= 11 is 18.6. The minimum absolute atomic E-state index is 0.00232. The summed E-state index contributed by atoms with van der Waals surface area (Å²) in [7, 11) is -3.05. The maximum Gasteiger partial charge on any atom is 0.460 e. The van der Waals surface area contributed by atoms with E-state index >= 15 is 0 Å². The van der Waals surface area contributed by atoms with Gasteiger partial charge in [-0.25, -0.2) is 0 Å². The van der Waals surface area contributed by atoms with Crippen molar-refractivity contribution in [2.24, 2.45) is 23.2 Å². The second kappa shape index (κ2) is 27.2. The molecule has 0 radical (unpaired) electrons. The summed E-state index contributed by atoms with van der Waals surface area (Å²) in [6.45, 7) is 17.2. The largest absolute Gasteiger partial charge is 0.460 e. The number of nitrogens with one attached hydrogen (secondary N) is 2. The number of rotatable bonds is 18. The first kappa shape index (κ1) is 54.2. The summed E-state index contributed by atoms with van der Waals surface area (Å²) < 4.78 is 13.3. The molecular formula is C39H59B3Br2Cl2N2O10. The predicted octanol–water partition coefficient (Wildman–Crippen LogP) is 7.56. The number of carbonyl (C=O) groups is 4. The van der Waals surface area contributed by atoms with Crippen molar-refractivity contribution in [1.82, 2.24) is 10.6 Å². The zero-order valence-corrected chi connectivity index (χ0v) is 39.4. The van der Waals surface area contributed by atoms with Crippen LogP contribution in [0.2, 0.25) is 28.0 Å². The third-order valence-corrected chi connectivity index (χ3v) is 10.2. The van der Waals surface area contributed by atoms with Crippen LogP contribution >= 0.6 is 55.1 Å². The number of Topliss-reactive ketones (excluding diaryl/α,β-unsaturated/α-hetero) is 2. The van der Waals surface area contributed by atoms with E-state index in [1.54, 1.807) is 36.4 Å². The van der Waals surface area contributed by atoms with Crippen molar-refractivity contribution in [3.8, 4) is 0 Å². The molecule has 0 bridgehead atoms. The highest BCUT2D eigenvalue weighted by Gasteiger charge is 2.39. The fraction of sp³-hybridized carbons (Fsp3) is 0.590. The summed E-state index contributed by atoms with van der Waals surface area (Å²) in [4.78, 5) is 48.9. The van der Waals surface area contributed by atoms with Crippen LogP contribution in [0, 0.1) is 23.2 Å². The summed E-state index contributed by atoms with van der Waals surface area (Å²) in [5.41, 5.74) is 0.596. The Kier molecular flexibility index (Phi) is 25.5. The van der Waals surface area contributed by atoms with Gasteiger partial charge in [-0.2, -0.15) is 0 Å². The molecule has 0 saturated carbocycles. The quantitative estimate of drug-likeness (QED) is 0.0813. The van der Waals surface area contributed by atoms with Crippen LogP contribution in [0.25, 0.3) is 0 Å². The molecule has 0 aromatic heterocycles.